The molecule has 0 aliphatic rings. The van der Waals surface area contributed by atoms with Gasteiger partial charge in [-0.15, -0.1) is 0 Å². The van der Waals surface area contributed by atoms with Crippen LogP contribution in [0.2, 0.25) is 0 Å². The van der Waals surface area contributed by atoms with E-state index in [2.05, 4.69) is 9.97 Å². The maximum atomic E-state index is 13.6. The summed E-state index contributed by atoms with van der Waals surface area (Å²) in [7, 11) is 0. The summed E-state index contributed by atoms with van der Waals surface area (Å²) in [4.78, 5) is 7.87. The van der Waals surface area contributed by atoms with Gasteiger partial charge in [-0.1, -0.05) is 41.5 Å². The van der Waals surface area contributed by atoms with Crippen LogP contribution in [0, 0.1) is 0 Å². The summed E-state index contributed by atoms with van der Waals surface area (Å²) < 4.78 is 81.5. The van der Waals surface area contributed by atoms with E-state index in [-0.39, 0.29) is 11.4 Å². The minimum Gasteiger partial charge on any atom is -0.260 e. The average Bonchev–Trinajstić information content (AvgIpc) is 2.50. The van der Waals surface area contributed by atoms with Gasteiger partial charge in [-0.05, 0) is 18.2 Å². The molecule has 0 aliphatic carbocycles. The summed E-state index contributed by atoms with van der Waals surface area (Å²) >= 11 is 0. The monoisotopic (exact) mass is 404 g/mol. The van der Waals surface area contributed by atoms with E-state index in [4.69, 9.17) is 0 Å². The van der Waals surface area contributed by atoms with Crippen LogP contribution in [0.5, 0.6) is 0 Å². The van der Waals surface area contributed by atoms with E-state index in [0.29, 0.717) is 6.20 Å². The Labute approximate surface area is 160 Å². The second kappa shape index (κ2) is 6.74. The largest absolute Gasteiger partial charge is 0.418 e. The van der Waals surface area contributed by atoms with Crippen molar-refractivity contribution in [2.45, 2.75) is 64.7 Å². The number of halogens is 6. The number of nitrogens with zero attached hydrogens (tertiary/aromatic N) is 2. The van der Waals surface area contributed by atoms with Crippen LogP contribution >= 0.6 is 0 Å². The molecule has 0 fully saturated rings. The molecular weight excluding hydrogens is 382 g/mol. The fourth-order valence-corrected chi connectivity index (χ4v) is 2.60. The Hall–Kier alpha value is -2.12. The van der Waals surface area contributed by atoms with Crippen LogP contribution < -0.4 is 0 Å². The third-order valence-electron chi connectivity index (χ3n) is 4.20. The predicted molar refractivity (Wildman–Crippen MR) is 94.9 cm³/mol. The van der Waals surface area contributed by atoms with Gasteiger partial charge in [-0.25, -0.2) is 0 Å². The molecule has 0 atom stereocenters. The number of aromatic nitrogens is 2. The Balaban J connectivity index is 2.95. The van der Waals surface area contributed by atoms with Gasteiger partial charge in [-0.3, -0.25) is 9.97 Å². The van der Waals surface area contributed by atoms with Crippen molar-refractivity contribution in [3.05, 3.63) is 46.9 Å². The van der Waals surface area contributed by atoms with E-state index in [1.807, 2.05) is 0 Å². The van der Waals surface area contributed by atoms with Crippen molar-refractivity contribution in [1.29, 1.82) is 0 Å². The normalized spacial score (nSPS) is 13.7. The SMILES string of the molecule is CC(C)(C)c1cc(-c2nc(C(C)(C)C)ccc2C(F)(F)F)c(C(F)(F)F)cn1. The Kier molecular flexibility index (Phi) is 5.34. The lowest BCUT2D eigenvalue weighted by Crippen LogP contribution is -2.20. The molecule has 0 saturated heterocycles. The topological polar surface area (TPSA) is 25.8 Å². The summed E-state index contributed by atoms with van der Waals surface area (Å²) in [6, 6.07) is 3.05. The molecule has 0 amide bonds. The second-order valence-corrected chi connectivity index (χ2v) is 8.70. The van der Waals surface area contributed by atoms with Crippen LogP contribution in [-0.4, -0.2) is 9.97 Å². The van der Waals surface area contributed by atoms with E-state index in [0.717, 1.165) is 12.1 Å². The van der Waals surface area contributed by atoms with Crippen LogP contribution in [0.15, 0.2) is 24.4 Å². The number of rotatable bonds is 1. The Bertz CT molecular complexity index is 795. The maximum absolute atomic E-state index is 13.6. The highest BCUT2D eigenvalue weighted by Crippen LogP contribution is 2.43. The molecule has 0 unspecified atom stereocenters. The van der Waals surface area contributed by atoms with Gasteiger partial charge < -0.3 is 0 Å². The minimum absolute atomic E-state index is 0.242. The second-order valence-electron chi connectivity index (χ2n) is 8.70. The molecule has 28 heavy (non-hydrogen) atoms. The first-order valence-corrected chi connectivity index (χ1v) is 8.59. The molecule has 0 radical (unpaired) electrons. The van der Waals surface area contributed by atoms with Gasteiger partial charge in [0.2, 0.25) is 0 Å². The van der Waals surface area contributed by atoms with Gasteiger partial charge >= 0.3 is 12.4 Å². The Morgan fingerprint density at radius 1 is 0.679 bits per heavy atom. The molecule has 2 aromatic heterocycles. The average molecular weight is 404 g/mol. The molecule has 154 valence electrons. The molecule has 2 heterocycles. The van der Waals surface area contributed by atoms with E-state index in [9.17, 15) is 26.3 Å². The molecule has 0 aromatic carbocycles. The highest BCUT2D eigenvalue weighted by Gasteiger charge is 2.40. The molecule has 0 saturated carbocycles. The van der Waals surface area contributed by atoms with Gasteiger partial charge in [0, 0.05) is 34.0 Å². The summed E-state index contributed by atoms with van der Waals surface area (Å²) in [5.74, 6) is 0. The molecule has 0 spiro atoms. The minimum atomic E-state index is -4.87. The number of hydrogen-bond donors (Lipinski definition) is 0. The fourth-order valence-electron chi connectivity index (χ4n) is 2.60. The van der Waals surface area contributed by atoms with Crippen molar-refractivity contribution in [2.75, 3.05) is 0 Å². The predicted octanol–water partition coefficient (Wildman–Crippen LogP) is 6.78. The molecule has 2 aromatic rings. The van der Waals surface area contributed by atoms with E-state index in [1.54, 1.807) is 41.5 Å². The molecule has 0 bridgehead atoms. The van der Waals surface area contributed by atoms with Crippen molar-refractivity contribution in [1.82, 2.24) is 9.97 Å². The molecular formula is C20H22F6N2. The summed E-state index contributed by atoms with van der Waals surface area (Å²) in [5, 5.41) is 0. The number of alkyl halides is 6. The van der Waals surface area contributed by atoms with E-state index >= 15 is 0 Å². The zero-order valence-electron chi connectivity index (χ0n) is 16.5. The molecule has 2 rings (SSSR count). The molecule has 0 aliphatic heterocycles. The Morgan fingerprint density at radius 2 is 1.18 bits per heavy atom. The smallest absolute Gasteiger partial charge is 0.260 e. The van der Waals surface area contributed by atoms with Crippen molar-refractivity contribution in [3.63, 3.8) is 0 Å². The molecule has 2 nitrogen and oxygen atoms in total. The number of pyridine rings is 2. The Morgan fingerprint density at radius 3 is 1.61 bits per heavy atom. The first-order chi connectivity index (χ1) is 12.4. The summed E-state index contributed by atoms with van der Waals surface area (Å²) in [6.45, 7) is 10.3. The van der Waals surface area contributed by atoms with Gasteiger partial charge in [0.1, 0.15) is 0 Å². The van der Waals surface area contributed by atoms with Gasteiger partial charge in [0.25, 0.3) is 0 Å². The lowest BCUT2D eigenvalue weighted by molar-refractivity contribution is -0.139. The van der Waals surface area contributed by atoms with E-state index < -0.39 is 45.6 Å². The zero-order chi connectivity index (χ0) is 21.7. The van der Waals surface area contributed by atoms with E-state index in [1.165, 1.54) is 6.07 Å². The number of hydrogen-bond acceptors (Lipinski definition) is 2. The maximum Gasteiger partial charge on any atom is 0.418 e. The van der Waals surface area contributed by atoms with Crippen molar-refractivity contribution < 1.29 is 26.3 Å². The third-order valence-corrected chi connectivity index (χ3v) is 4.20. The highest BCUT2D eigenvalue weighted by atomic mass is 19.4. The van der Waals surface area contributed by atoms with Crippen LogP contribution in [0.1, 0.15) is 64.1 Å². The van der Waals surface area contributed by atoms with Crippen LogP contribution in [-0.2, 0) is 23.2 Å². The van der Waals surface area contributed by atoms with Crippen molar-refractivity contribution >= 4 is 0 Å². The lowest BCUT2D eigenvalue weighted by atomic mass is 9.87. The summed E-state index contributed by atoms with van der Waals surface area (Å²) in [5.41, 5.74) is -4.60. The van der Waals surface area contributed by atoms with Crippen molar-refractivity contribution in [2.24, 2.45) is 0 Å². The van der Waals surface area contributed by atoms with Crippen LogP contribution in [0.25, 0.3) is 11.3 Å². The van der Waals surface area contributed by atoms with Gasteiger partial charge in [-0.2, -0.15) is 26.3 Å². The van der Waals surface area contributed by atoms with Gasteiger partial charge in [0.15, 0.2) is 0 Å². The van der Waals surface area contributed by atoms with Crippen LogP contribution in [0.4, 0.5) is 26.3 Å². The zero-order valence-corrected chi connectivity index (χ0v) is 16.5. The van der Waals surface area contributed by atoms with Crippen LogP contribution in [0.3, 0.4) is 0 Å². The highest BCUT2D eigenvalue weighted by molar-refractivity contribution is 5.69. The fraction of sp³-hybridized carbons (Fsp3) is 0.500. The van der Waals surface area contributed by atoms with Crippen molar-refractivity contribution in [3.8, 4) is 11.3 Å². The quantitative estimate of drug-likeness (QED) is 0.490. The molecule has 8 heteroatoms. The first kappa shape index (κ1) is 22.2. The standard InChI is InChI=1S/C20H22F6N2/c1-17(2,3)14-8-7-12(19(21,22)23)16(28-14)11-9-15(18(4,5)6)27-10-13(11)20(24,25)26/h7-10H,1-6H3. The molecule has 0 N–H and O–H groups in total. The third kappa shape index (κ3) is 4.64. The first-order valence-electron chi connectivity index (χ1n) is 8.59. The summed E-state index contributed by atoms with van der Waals surface area (Å²) in [6.07, 6.45) is -9.14. The lowest BCUT2D eigenvalue weighted by Gasteiger charge is -2.24. The van der Waals surface area contributed by atoms with Gasteiger partial charge in [0.05, 0.1) is 16.8 Å².